The Morgan fingerprint density at radius 3 is 2.67 bits per heavy atom. The number of H-pyrrole nitrogens is 1. The Bertz CT molecular complexity index is 869. The number of nitrogens with one attached hydrogen (secondary N) is 1. The summed E-state index contributed by atoms with van der Waals surface area (Å²) in [5.74, 6) is 0. The number of para-hydroxylation sites is 1. The normalized spacial score (nSPS) is 19.0. The van der Waals surface area contributed by atoms with Crippen LogP contribution < -0.4 is 4.90 Å². The van der Waals surface area contributed by atoms with Crippen LogP contribution in [0, 0.1) is 0 Å². The number of anilines is 1. The van der Waals surface area contributed by atoms with Gasteiger partial charge in [0.2, 0.25) is 0 Å². The van der Waals surface area contributed by atoms with Gasteiger partial charge in [0.25, 0.3) is 0 Å². The molecule has 1 unspecified atom stereocenters. The first-order chi connectivity index (χ1) is 12.7. The number of imidazole rings is 1. The number of sulfonamides is 1. The second kappa shape index (κ2) is 7.51. The minimum absolute atomic E-state index is 0.224. The highest BCUT2D eigenvalue weighted by molar-refractivity contribution is 7.89. The molecule has 0 saturated heterocycles. The molecule has 1 aromatic heterocycles. The molecular weight excluding hydrogens is 381 g/mol. The zero-order valence-corrected chi connectivity index (χ0v) is 15.6. The first-order valence-electron chi connectivity index (χ1n) is 8.62. The van der Waals surface area contributed by atoms with Crippen LogP contribution in [0.4, 0.5) is 18.9 Å². The standard InChI is InChI=1S/C17H21F3N4O2S/c1-2-5-15-11-23(27(25,26)17(18,19)20)9-13-6-3-4-7-16(13)24(15)10-14-8-21-12-22-14/h3-4,6-8,12,15H,2,5,9-11H2,1H3,(H,21,22). The maximum Gasteiger partial charge on any atom is 0.511 e. The molecule has 0 saturated carbocycles. The number of rotatable bonds is 5. The molecule has 148 valence electrons. The lowest BCUT2D eigenvalue weighted by atomic mass is 10.1. The van der Waals surface area contributed by atoms with Gasteiger partial charge >= 0.3 is 15.5 Å². The molecule has 0 amide bonds. The average molecular weight is 402 g/mol. The van der Waals surface area contributed by atoms with Crippen molar-refractivity contribution in [3.63, 3.8) is 0 Å². The molecule has 0 spiro atoms. The quantitative estimate of drug-likeness (QED) is 0.834. The molecule has 1 aliphatic rings. The van der Waals surface area contributed by atoms with Gasteiger partial charge in [-0.1, -0.05) is 31.5 Å². The zero-order chi connectivity index (χ0) is 19.7. The molecule has 6 nitrogen and oxygen atoms in total. The van der Waals surface area contributed by atoms with Crippen LogP contribution in [0.5, 0.6) is 0 Å². The lowest BCUT2D eigenvalue weighted by Gasteiger charge is -2.33. The first kappa shape index (κ1) is 19.7. The summed E-state index contributed by atoms with van der Waals surface area (Å²) >= 11 is 0. The van der Waals surface area contributed by atoms with Gasteiger partial charge in [0.05, 0.1) is 18.6 Å². The van der Waals surface area contributed by atoms with E-state index < -0.39 is 15.5 Å². The van der Waals surface area contributed by atoms with E-state index in [0.717, 1.165) is 11.4 Å². The fourth-order valence-corrected chi connectivity index (χ4v) is 4.36. The van der Waals surface area contributed by atoms with Gasteiger partial charge in [0.1, 0.15) is 0 Å². The van der Waals surface area contributed by atoms with E-state index in [9.17, 15) is 21.6 Å². The minimum Gasteiger partial charge on any atom is -0.361 e. The molecular formula is C17H21F3N4O2S. The van der Waals surface area contributed by atoms with Crippen molar-refractivity contribution in [2.45, 2.75) is 44.4 Å². The summed E-state index contributed by atoms with van der Waals surface area (Å²) in [7, 11) is -5.42. The number of nitrogens with zero attached hydrogens (tertiary/aromatic N) is 3. The number of fused-ring (bicyclic) bond motifs is 1. The molecule has 0 bridgehead atoms. The lowest BCUT2D eigenvalue weighted by molar-refractivity contribution is -0.0492. The third-order valence-corrected chi connectivity index (χ3v) is 6.20. The highest BCUT2D eigenvalue weighted by atomic mass is 32.2. The number of aromatic nitrogens is 2. The molecule has 0 aliphatic carbocycles. The summed E-state index contributed by atoms with van der Waals surface area (Å²) in [5.41, 5.74) is -3.23. The van der Waals surface area contributed by atoms with Crippen molar-refractivity contribution in [2.75, 3.05) is 11.4 Å². The zero-order valence-electron chi connectivity index (χ0n) is 14.8. The minimum atomic E-state index is -5.42. The molecule has 1 atom stereocenters. The van der Waals surface area contributed by atoms with E-state index in [2.05, 4.69) is 9.97 Å². The van der Waals surface area contributed by atoms with Crippen molar-refractivity contribution in [1.82, 2.24) is 14.3 Å². The first-order valence-corrected chi connectivity index (χ1v) is 10.1. The SMILES string of the molecule is CCCC1CN(S(=O)(=O)C(F)(F)F)Cc2ccccc2N1Cc1cnc[nH]1. The van der Waals surface area contributed by atoms with Crippen molar-refractivity contribution in [3.8, 4) is 0 Å². The molecule has 0 fully saturated rings. The Morgan fingerprint density at radius 1 is 1.30 bits per heavy atom. The summed E-state index contributed by atoms with van der Waals surface area (Å²) < 4.78 is 64.3. The molecule has 10 heteroatoms. The lowest BCUT2D eigenvalue weighted by Crippen LogP contribution is -2.46. The maximum absolute atomic E-state index is 13.2. The highest BCUT2D eigenvalue weighted by Crippen LogP contribution is 2.35. The van der Waals surface area contributed by atoms with Crippen molar-refractivity contribution in [2.24, 2.45) is 0 Å². The van der Waals surface area contributed by atoms with Crippen LogP contribution >= 0.6 is 0 Å². The van der Waals surface area contributed by atoms with Gasteiger partial charge in [-0.25, -0.2) is 13.4 Å². The van der Waals surface area contributed by atoms with Gasteiger partial charge in [-0.05, 0) is 18.1 Å². The third kappa shape index (κ3) is 3.96. The van der Waals surface area contributed by atoms with E-state index in [0.29, 0.717) is 29.3 Å². The number of aromatic amines is 1. The monoisotopic (exact) mass is 402 g/mol. The van der Waals surface area contributed by atoms with Gasteiger partial charge in [0, 0.05) is 31.0 Å². The predicted octanol–water partition coefficient (Wildman–Crippen LogP) is 3.25. The van der Waals surface area contributed by atoms with Gasteiger partial charge < -0.3 is 9.88 Å². The van der Waals surface area contributed by atoms with Crippen molar-refractivity contribution in [3.05, 3.63) is 48.0 Å². The van der Waals surface area contributed by atoms with Crippen LogP contribution in [0.15, 0.2) is 36.8 Å². The van der Waals surface area contributed by atoms with Crippen LogP contribution in [0.25, 0.3) is 0 Å². The van der Waals surface area contributed by atoms with Crippen LogP contribution in [-0.2, 0) is 23.1 Å². The summed E-state index contributed by atoms with van der Waals surface area (Å²) in [5, 5.41) is 0. The van der Waals surface area contributed by atoms with Crippen molar-refractivity contribution < 1.29 is 21.6 Å². The Morgan fingerprint density at radius 2 is 2.04 bits per heavy atom. The molecule has 2 heterocycles. The molecule has 2 aromatic rings. The summed E-state index contributed by atoms with van der Waals surface area (Å²) in [6.45, 7) is 1.80. The topological polar surface area (TPSA) is 69.3 Å². The van der Waals surface area contributed by atoms with E-state index in [4.69, 9.17) is 0 Å². The molecule has 3 rings (SSSR count). The Kier molecular flexibility index (Phi) is 5.48. The summed E-state index contributed by atoms with van der Waals surface area (Å²) in [6.07, 6.45) is 4.47. The molecule has 1 aromatic carbocycles. The van der Waals surface area contributed by atoms with Crippen molar-refractivity contribution >= 4 is 15.7 Å². The summed E-state index contributed by atoms with van der Waals surface area (Å²) in [4.78, 5) is 8.96. The van der Waals surface area contributed by atoms with Crippen LogP contribution in [0.1, 0.15) is 31.0 Å². The molecule has 0 radical (unpaired) electrons. The molecule has 1 aliphatic heterocycles. The number of alkyl halides is 3. The van der Waals surface area contributed by atoms with Crippen molar-refractivity contribution in [1.29, 1.82) is 0 Å². The number of hydrogen-bond acceptors (Lipinski definition) is 4. The fraction of sp³-hybridized carbons (Fsp3) is 0.471. The summed E-state index contributed by atoms with van der Waals surface area (Å²) in [6, 6.07) is 6.60. The Balaban J connectivity index is 2.05. The van der Waals surface area contributed by atoms with Gasteiger partial charge in [-0.3, -0.25) is 0 Å². The van der Waals surface area contributed by atoms with E-state index in [-0.39, 0.29) is 19.1 Å². The van der Waals surface area contributed by atoms with Crippen LogP contribution in [-0.4, -0.2) is 40.8 Å². The van der Waals surface area contributed by atoms with E-state index in [1.54, 1.807) is 24.4 Å². The number of hydrogen-bond donors (Lipinski definition) is 1. The predicted molar refractivity (Wildman–Crippen MR) is 95.3 cm³/mol. The Hall–Kier alpha value is -2.07. The number of benzene rings is 1. The van der Waals surface area contributed by atoms with Gasteiger partial charge in [0.15, 0.2) is 0 Å². The number of halogens is 3. The smallest absolute Gasteiger partial charge is 0.361 e. The average Bonchev–Trinajstić information content (AvgIpc) is 3.06. The highest BCUT2D eigenvalue weighted by Gasteiger charge is 2.51. The maximum atomic E-state index is 13.2. The second-order valence-electron chi connectivity index (χ2n) is 6.52. The van der Waals surface area contributed by atoms with E-state index in [1.807, 2.05) is 17.9 Å². The molecule has 1 N–H and O–H groups in total. The molecule has 27 heavy (non-hydrogen) atoms. The van der Waals surface area contributed by atoms with E-state index >= 15 is 0 Å². The second-order valence-corrected chi connectivity index (χ2v) is 8.45. The Labute approximate surface area is 156 Å². The van der Waals surface area contributed by atoms with Gasteiger partial charge in [-0.2, -0.15) is 17.5 Å². The van der Waals surface area contributed by atoms with E-state index in [1.165, 1.54) is 6.33 Å². The fourth-order valence-electron chi connectivity index (χ4n) is 3.39. The largest absolute Gasteiger partial charge is 0.511 e. The van der Waals surface area contributed by atoms with Crippen LogP contribution in [0.3, 0.4) is 0 Å². The third-order valence-electron chi connectivity index (χ3n) is 4.65. The van der Waals surface area contributed by atoms with Crippen LogP contribution in [0.2, 0.25) is 0 Å². The van der Waals surface area contributed by atoms with Gasteiger partial charge in [-0.15, -0.1) is 0 Å².